The molecule has 4 aromatic carbocycles. The lowest BCUT2D eigenvalue weighted by molar-refractivity contribution is -0.142. The zero-order valence-electron chi connectivity index (χ0n) is 19.2. The Morgan fingerprint density at radius 2 is 1.33 bits per heavy atom. The van der Waals surface area contributed by atoms with Gasteiger partial charge in [-0.2, -0.15) is 0 Å². The van der Waals surface area contributed by atoms with Gasteiger partial charge in [0.25, 0.3) is 0 Å². The molecule has 1 aliphatic carbocycles. The molecule has 5 nitrogen and oxygen atoms in total. The zero-order valence-corrected chi connectivity index (χ0v) is 19.2. The molecular formula is C31H21NO4. The molecule has 0 unspecified atom stereocenters. The predicted molar refractivity (Wildman–Crippen MR) is 136 cm³/mol. The lowest BCUT2D eigenvalue weighted by Gasteiger charge is -2.38. The summed E-state index contributed by atoms with van der Waals surface area (Å²) in [5, 5.41) is 1.98. The van der Waals surface area contributed by atoms with Crippen LogP contribution in [0.5, 0.6) is 5.75 Å². The van der Waals surface area contributed by atoms with Crippen LogP contribution >= 0.6 is 0 Å². The number of carbonyl (C=O) groups excluding carboxylic acids is 3. The van der Waals surface area contributed by atoms with Crippen molar-refractivity contribution in [3.63, 3.8) is 0 Å². The standard InChI is InChI=1S/C31H21NO4/c33-29-26-22(18-9-3-1-4-10-18)17-23-25-21-14-8-7-11-19(21)15-16-24(25)36-31(35)27(23)28(26)30(34)32(29)20-12-5-2-6-13-20/h1-17,22,26-28H/t22-,26+,27+,28+/m1/s1. The first-order chi connectivity index (χ1) is 17.6. The van der Waals surface area contributed by atoms with Gasteiger partial charge in [-0.15, -0.1) is 0 Å². The molecule has 5 heteroatoms. The van der Waals surface area contributed by atoms with Gasteiger partial charge < -0.3 is 4.74 Å². The summed E-state index contributed by atoms with van der Waals surface area (Å²) < 4.78 is 5.82. The second-order valence-electron chi connectivity index (χ2n) is 9.52. The number of amides is 2. The Hall–Kier alpha value is -4.51. The summed E-state index contributed by atoms with van der Waals surface area (Å²) >= 11 is 0. The van der Waals surface area contributed by atoms with Crippen molar-refractivity contribution < 1.29 is 19.1 Å². The number of allylic oxidation sites excluding steroid dienone is 1. The number of para-hydroxylation sites is 1. The lowest BCUT2D eigenvalue weighted by Crippen LogP contribution is -2.42. The van der Waals surface area contributed by atoms with Gasteiger partial charge in [0.05, 0.1) is 23.4 Å². The number of anilines is 1. The van der Waals surface area contributed by atoms with E-state index in [-0.39, 0.29) is 17.7 Å². The van der Waals surface area contributed by atoms with Crippen molar-refractivity contribution in [3.8, 4) is 5.75 Å². The first-order valence-corrected chi connectivity index (χ1v) is 12.1. The average molecular weight is 472 g/mol. The Kier molecular flexibility index (Phi) is 4.48. The number of nitrogens with zero attached hydrogens (tertiary/aromatic N) is 1. The van der Waals surface area contributed by atoms with Gasteiger partial charge in [0.15, 0.2) is 0 Å². The van der Waals surface area contributed by atoms with Gasteiger partial charge in [-0.25, -0.2) is 4.90 Å². The van der Waals surface area contributed by atoms with Crippen LogP contribution in [-0.2, 0) is 14.4 Å². The molecule has 1 saturated heterocycles. The molecule has 2 aliphatic heterocycles. The van der Waals surface area contributed by atoms with Gasteiger partial charge in [-0.1, -0.05) is 84.9 Å². The largest absolute Gasteiger partial charge is 0.425 e. The number of esters is 1. The summed E-state index contributed by atoms with van der Waals surface area (Å²) in [6.07, 6.45) is 2.03. The molecule has 4 atom stereocenters. The minimum absolute atomic E-state index is 0.281. The fourth-order valence-electron chi connectivity index (χ4n) is 6.16. The highest BCUT2D eigenvalue weighted by Gasteiger charge is 2.60. The third kappa shape index (κ3) is 2.86. The highest BCUT2D eigenvalue weighted by atomic mass is 16.5. The molecule has 0 radical (unpaired) electrons. The fourth-order valence-corrected chi connectivity index (χ4v) is 6.16. The van der Waals surface area contributed by atoms with Crippen molar-refractivity contribution in [2.45, 2.75) is 5.92 Å². The van der Waals surface area contributed by atoms with Crippen LogP contribution in [0.1, 0.15) is 17.0 Å². The summed E-state index contributed by atoms with van der Waals surface area (Å²) in [6, 6.07) is 30.4. The lowest BCUT2D eigenvalue weighted by atomic mass is 9.64. The van der Waals surface area contributed by atoms with E-state index in [1.807, 2.05) is 78.9 Å². The zero-order chi connectivity index (χ0) is 24.4. The van der Waals surface area contributed by atoms with E-state index >= 15 is 0 Å². The molecule has 36 heavy (non-hydrogen) atoms. The number of benzene rings is 4. The van der Waals surface area contributed by atoms with Gasteiger partial charge in [0, 0.05) is 11.5 Å². The third-order valence-corrected chi connectivity index (χ3v) is 7.68. The average Bonchev–Trinajstić information content (AvgIpc) is 3.18. The van der Waals surface area contributed by atoms with Gasteiger partial charge in [0.2, 0.25) is 11.8 Å². The van der Waals surface area contributed by atoms with Crippen molar-refractivity contribution in [3.05, 3.63) is 114 Å². The van der Waals surface area contributed by atoms with Crippen molar-refractivity contribution >= 4 is 39.8 Å². The van der Waals surface area contributed by atoms with E-state index in [1.165, 1.54) is 4.90 Å². The van der Waals surface area contributed by atoms with E-state index in [1.54, 1.807) is 24.3 Å². The number of carbonyl (C=O) groups is 3. The highest BCUT2D eigenvalue weighted by molar-refractivity contribution is 6.25. The molecule has 0 spiro atoms. The molecule has 2 heterocycles. The van der Waals surface area contributed by atoms with Crippen molar-refractivity contribution in [2.75, 3.05) is 4.90 Å². The van der Waals surface area contributed by atoms with Crippen molar-refractivity contribution in [1.29, 1.82) is 0 Å². The van der Waals surface area contributed by atoms with Crippen molar-refractivity contribution in [1.82, 2.24) is 0 Å². The first-order valence-electron chi connectivity index (χ1n) is 12.1. The van der Waals surface area contributed by atoms with E-state index in [4.69, 9.17) is 4.74 Å². The van der Waals surface area contributed by atoms with E-state index in [2.05, 4.69) is 0 Å². The molecule has 4 aromatic rings. The third-order valence-electron chi connectivity index (χ3n) is 7.68. The predicted octanol–water partition coefficient (Wildman–Crippen LogP) is 5.36. The van der Waals surface area contributed by atoms with E-state index < -0.39 is 23.7 Å². The summed E-state index contributed by atoms with van der Waals surface area (Å²) in [5.74, 6) is -3.38. The summed E-state index contributed by atoms with van der Waals surface area (Å²) in [4.78, 5) is 42.6. The van der Waals surface area contributed by atoms with Crippen LogP contribution in [0.25, 0.3) is 16.3 Å². The SMILES string of the molecule is O=C1Oc2ccc3ccccc3c2C2=C[C@H](c3ccccc3)[C@@H]3C(=O)N(c4ccccc4)C(=O)[C@@H]3[C@@H]12. The van der Waals surface area contributed by atoms with Crippen LogP contribution in [0.15, 0.2) is 103 Å². The van der Waals surface area contributed by atoms with Crippen LogP contribution in [0, 0.1) is 17.8 Å². The minimum Gasteiger partial charge on any atom is -0.425 e. The maximum absolute atomic E-state index is 14.0. The molecule has 7 rings (SSSR count). The Labute approximate surface area is 207 Å². The smallest absolute Gasteiger partial charge is 0.319 e. The molecule has 0 N–H and O–H groups in total. The van der Waals surface area contributed by atoms with Crippen LogP contribution in [-0.4, -0.2) is 17.8 Å². The topological polar surface area (TPSA) is 63.7 Å². The first kappa shape index (κ1) is 20.8. The van der Waals surface area contributed by atoms with E-state index in [0.29, 0.717) is 11.4 Å². The minimum atomic E-state index is -0.849. The Morgan fingerprint density at radius 1 is 0.667 bits per heavy atom. The maximum atomic E-state index is 14.0. The number of hydrogen-bond acceptors (Lipinski definition) is 4. The molecular weight excluding hydrogens is 450 g/mol. The second-order valence-corrected chi connectivity index (χ2v) is 9.52. The van der Waals surface area contributed by atoms with Crippen molar-refractivity contribution in [2.24, 2.45) is 17.8 Å². The second kappa shape index (κ2) is 7.75. The molecule has 0 aromatic heterocycles. The van der Waals surface area contributed by atoms with Gasteiger partial charge in [0.1, 0.15) is 5.75 Å². The Bertz CT molecular complexity index is 1590. The number of rotatable bonds is 2. The fraction of sp³-hybridized carbons (Fsp3) is 0.129. The van der Waals surface area contributed by atoms with Crippen LogP contribution in [0.3, 0.4) is 0 Å². The van der Waals surface area contributed by atoms with Gasteiger partial charge >= 0.3 is 5.97 Å². The van der Waals surface area contributed by atoms with Crippen LogP contribution in [0.4, 0.5) is 5.69 Å². The molecule has 3 aliphatic rings. The van der Waals surface area contributed by atoms with Crippen LogP contribution in [0.2, 0.25) is 0 Å². The monoisotopic (exact) mass is 471 g/mol. The Balaban J connectivity index is 1.48. The molecule has 0 saturated carbocycles. The molecule has 2 amide bonds. The summed E-state index contributed by atoms with van der Waals surface area (Å²) in [5.41, 5.74) is 3.06. The van der Waals surface area contributed by atoms with Gasteiger partial charge in [-0.05, 0) is 40.1 Å². The summed E-state index contributed by atoms with van der Waals surface area (Å²) in [6.45, 7) is 0. The van der Waals surface area contributed by atoms with E-state index in [0.717, 1.165) is 27.5 Å². The highest BCUT2D eigenvalue weighted by Crippen LogP contribution is 2.55. The number of hydrogen-bond donors (Lipinski definition) is 0. The quantitative estimate of drug-likeness (QED) is 0.224. The maximum Gasteiger partial charge on any atom is 0.319 e. The summed E-state index contributed by atoms with van der Waals surface area (Å²) in [7, 11) is 0. The number of fused-ring (bicyclic) bond motifs is 7. The Morgan fingerprint density at radius 3 is 2.11 bits per heavy atom. The number of ether oxygens (including phenoxy) is 1. The molecule has 1 fully saturated rings. The molecule has 174 valence electrons. The number of imide groups is 1. The normalized spacial score (nSPS) is 24.6. The van der Waals surface area contributed by atoms with E-state index in [9.17, 15) is 14.4 Å². The molecule has 0 bridgehead atoms. The van der Waals surface area contributed by atoms with Gasteiger partial charge in [-0.3, -0.25) is 14.4 Å². The van der Waals surface area contributed by atoms with Crippen LogP contribution < -0.4 is 9.64 Å².